The molecular formula is C12H14BrFN2OS. The second kappa shape index (κ2) is 6.80. The molecule has 0 bridgehead atoms. The molecule has 6 heteroatoms. The molecule has 0 saturated carbocycles. The van der Waals surface area contributed by atoms with Crippen LogP contribution in [-0.4, -0.2) is 10.9 Å². The van der Waals surface area contributed by atoms with E-state index in [1.807, 2.05) is 6.92 Å². The summed E-state index contributed by atoms with van der Waals surface area (Å²) in [4.78, 5) is 12.1. The van der Waals surface area contributed by atoms with Crippen LogP contribution in [0.2, 0.25) is 0 Å². The van der Waals surface area contributed by atoms with Gasteiger partial charge in [-0.1, -0.05) is 25.6 Å². The molecule has 0 radical (unpaired) electrons. The SMILES string of the molecule is CCCC(C(=O)Nc1cc(F)ccc1Br)C(N)=S. The van der Waals surface area contributed by atoms with Crippen LogP contribution in [0, 0.1) is 11.7 Å². The first-order chi connectivity index (χ1) is 8.45. The van der Waals surface area contributed by atoms with Gasteiger partial charge < -0.3 is 11.1 Å². The smallest absolute Gasteiger partial charge is 0.234 e. The Morgan fingerprint density at radius 1 is 1.61 bits per heavy atom. The summed E-state index contributed by atoms with van der Waals surface area (Å²) in [7, 11) is 0. The number of carbonyl (C=O) groups excluding carboxylic acids is 1. The fourth-order valence-electron chi connectivity index (χ4n) is 1.50. The third-order valence-corrected chi connectivity index (χ3v) is 3.40. The predicted octanol–water partition coefficient (Wildman–Crippen LogP) is 3.23. The van der Waals surface area contributed by atoms with Crippen molar-refractivity contribution < 1.29 is 9.18 Å². The number of anilines is 1. The monoisotopic (exact) mass is 332 g/mol. The number of nitrogens with two attached hydrogens (primary N) is 1. The van der Waals surface area contributed by atoms with E-state index in [0.717, 1.165) is 6.42 Å². The summed E-state index contributed by atoms with van der Waals surface area (Å²) in [5, 5.41) is 2.62. The third-order valence-electron chi connectivity index (χ3n) is 2.42. The molecule has 0 saturated heterocycles. The Labute approximate surface area is 119 Å². The van der Waals surface area contributed by atoms with E-state index in [1.54, 1.807) is 0 Å². The minimum atomic E-state index is -0.528. The van der Waals surface area contributed by atoms with Gasteiger partial charge in [-0.2, -0.15) is 0 Å². The summed E-state index contributed by atoms with van der Waals surface area (Å²) >= 11 is 8.10. The van der Waals surface area contributed by atoms with Crippen molar-refractivity contribution in [2.45, 2.75) is 19.8 Å². The first-order valence-corrected chi connectivity index (χ1v) is 6.71. The maximum Gasteiger partial charge on any atom is 0.234 e. The van der Waals surface area contributed by atoms with Gasteiger partial charge in [-0.3, -0.25) is 4.79 Å². The molecule has 0 spiro atoms. The quantitative estimate of drug-likeness (QED) is 0.814. The van der Waals surface area contributed by atoms with E-state index in [2.05, 4.69) is 21.2 Å². The van der Waals surface area contributed by atoms with E-state index in [0.29, 0.717) is 16.6 Å². The van der Waals surface area contributed by atoms with Crippen molar-refractivity contribution in [1.82, 2.24) is 0 Å². The lowest BCUT2D eigenvalue weighted by molar-refractivity contribution is -0.118. The molecule has 0 fully saturated rings. The largest absolute Gasteiger partial charge is 0.393 e. The molecule has 98 valence electrons. The zero-order chi connectivity index (χ0) is 13.7. The van der Waals surface area contributed by atoms with Crippen LogP contribution in [0.15, 0.2) is 22.7 Å². The van der Waals surface area contributed by atoms with Gasteiger partial charge in [0, 0.05) is 4.47 Å². The maximum atomic E-state index is 13.1. The molecule has 0 heterocycles. The van der Waals surface area contributed by atoms with Gasteiger partial charge in [-0.05, 0) is 40.5 Å². The number of carbonyl (C=O) groups is 1. The highest BCUT2D eigenvalue weighted by Gasteiger charge is 2.21. The lowest BCUT2D eigenvalue weighted by atomic mass is 10.0. The number of benzene rings is 1. The van der Waals surface area contributed by atoms with Crippen LogP contribution in [-0.2, 0) is 4.79 Å². The number of nitrogens with one attached hydrogen (secondary N) is 1. The van der Waals surface area contributed by atoms with Gasteiger partial charge in [-0.15, -0.1) is 0 Å². The first-order valence-electron chi connectivity index (χ1n) is 5.51. The Morgan fingerprint density at radius 2 is 2.28 bits per heavy atom. The van der Waals surface area contributed by atoms with Gasteiger partial charge in [0.15, 0.2) is 0 Å². The van der Waals surface area contributed by atoms with Crippen LogP contribution in [0.4, 0.5) is 10.1 Å². The molecule has 1 amide bonds. The Morgan fingerprint density at radius 3 is 2.83 bits per heavy atom. The van der Waals surface area contributed by atoms with Crippen molar-refractivity contribution in [2.75, 3.05) is 5.32 Å². The minimum absolute atomic E-state index is 0.155. The average molecular weight is 333 g/mol. The molecule has 0 aliphatic carbocycles. The highest BCUT2D eigenvalue weighted by molar-refractivity contribution is 9.10. The van der Waals surface area contributed by atoms with E-state index >= 15 is 0 Å². The van der Waals surface area contributed by atoms with E-state index in [1.165, 1.54) is 18.2 Å². The van der Waals surface area contributed by atoms with E-state index < -0.39 is 11.7 Å². The lowest BCUT2D eigenvalue weighted by Crippen LogP contribution is -2.33. The minimum Gasteiger partial charge on any atom is -0.393 e. The summed E-state index contributed by atoms with van der Waals surface area (Å²) in [6.07, 6.45) is 1.37. The van der Waals surface area contributed by atoms with E-state index in [9.17, 15) is 9.18 Å². The van der Waals surface area contributed by atoms with Crippen LogP contribution in [0.25, 0.3) is 0 Å². The van der Waals surface area contributed by atoms with Crippen molar-refractivity contribution in [3.05, 3.63) is 28.5 Å². The zero-order valence-electron chi connectivity index (χ0n) is 9.87. The average Bonchev–Trinajstić information content (AvgIpc) is 2.30. The molecule has 0 aliphatic rings. The summed E-state index contributed by atoms with van der Waals surface area (Å²) in [6, 6.07) is 4.07. The maximum absolute atomic E-state index is 13.1. The van der Waals surface area contributed by atoms with Crippen LogP contribution >= 0.6 is 28.1 Å². The molecule has 3 N–H and O–H groups in total. The summed E-state index contributed by atoms with van der Waals surface area (Å²) in [5.41, 5.74) is 5.90. The standard InChI is InChI=1S/C12H14BrFN2OS/c1-2-3-8(11(15)18)12(17)16-10-6-7(14)4-5-9(10)13/h4-6,8H,2-3H2,1H3,(H2,15,18)(H,16,17). The molecule has 0 aromatic heterocycles. The lowest BCUT2D eigenvalue weighted by Gasteiger charge is -2.15. The number of hydrogen-bond donors (Lipinski definition) is 2. The van der Waals surface area contributed by atoms with Crippen LogP contribution in [0.5, 0.6) is 0 Å². The number of hydrogen-bond acceptors (Lipinski definition) is 2. The van der Waals surface area contributed by atoms with Gasteiger partial charge >= 0.3 is 0 Å². The second-order valence-corrected chi connectivity index (χ2v) is 5.18. The molecule has 1 atom stereocenters. The van der Waals surface area contributed by atoms with Gasteiger partial charge in [0.05, 0.1) is 16.6 Å². The van der Waals surface area contributed by atoms with Crippen LogP contribution < -0.4 is 11.1 Å². The first kappa shape index (κ1) is 15.0. The highest BCUT2D eigenvalue weighted by atomic mass is 79.9. The van der Waals surface area contributed by atoms with Crippen molar-refractivity contribution in [3.63, 3.8) is 0 Å². The fourth-order valence-corrected chi connectivity index (χ4v) is 2.08. The Balaban J connectivity index is 2.85. The fraction of sp³-hybridized carbons (Fsp3) is 0.333. The highest BCUT2D eigenvalue weighted by Crippen LogP contribution is 2.24. The van der Waals surface area contributed by atoms with Crippen LogP contribution in [0.3, 0.4) is 0 Å². The Kier molecular flexibility index (Phi) is 5.68. The Hall–Kier alpha value is -1.01. The van der Waals surface area contributed by atoms with Crippen molar-refractivity contribution in [3.8, 4) is 0 Å². The molecular weight excluding hydrogens is 319 g/mol. The number of rotatable bonds is 5. The third kappa shape index (κ3) is 4.03. The van der Waals surface area contributed by atoms with E-state index in [-0.39, 0.29) is 10.9 Å². The van der Waals surface area contributed by atoms with Gasteiger partial charge in [0.1, 0.15) is 5.82 Å². The number of thiocarbonyl (C=S) groups is 1. The van der Waals surface area contributed by atoms with Crippen LogP contribution in [0.1, 0.15) is 19.8 Å². The molecule has 1 aromatic carbocycles. The van der Waals surface area contributed by atoms with Crippen molar-refractivity contribution in [2.24, 2.45) is 11.7 Å². The summed E-state index contributed by atoms with van der Waals surface area (Å²) < 4.78 is 13.7. The van der Waals surface area contributed by atoms with Gasteiger partial charge in [0.2, 0.25) is 5.91 Å². The number of halogens is 2. The van der Waals surface area contributed by atoms with Gasteiger partial charge in [-0.25, -0.2) is 4.39 Å². The second-order valence-electron chi connectivity index (χ2n) is 3.86. The summed E-state index contributed by atoms with van der Waals surface area (Å²) in [6.45, 7) is 1.94. The Bertz CT molecular complexity index is 467. The van der Waals surface area contributed by atoms with Gasteiger partial charge in [0.25, 0.3) is 0 Å². The molecule has 0 aliphatic heterocycles. The molecule has 1 rings (SSSR count). The molecule has 1 aromatic rings. The summed E-state index contributed by atoms with van der Waals surface area (Å²) in [5.74, 6) is -1.26. The normalized spacial score (nSPS) is 11.9. The van der Waals surface area contributed by atoms with Crippen molar-refractivity contribution >= 4 is 44.7 Å². The molecule has 3 nitrogen and oxygen atoms in total. The predicted molar refractivity (Wildman–Crippen MR) is 77.9 cm³/mol. The topological polar surface area (TPSA) is 55.1 Å². The molecule has 1 unspecified atom stereocenters. The van der Waals surface area contributed by atoms with E-state index in [4.69, 9.17) is 18.0 Å². The van der Waals surface area contributed by atoms with Crippen molar-refractivity contribution in [1.29, 1.82) is 0 Å². The zero-order valence-corrected chi connectivity index (χ0v) is 12.3. The molecule has 18 heavy (non-hydrogen) atoms. The number of amides is 1.